The average Bonchev–Trinajstić information content (AvgIpc) is 2.18. The molecule has 0 saturated heterocycles. The van der Waals surface area contributed by atoms with E-state index < -0.39 is 0 Å². The topological polar surface area (TPSA) is 0 Å². The van der Waals surface area contributed by atoms with Crippen LogP contribution in [0.1, 0.15) is 38.2 Å². The first-order chi connectivity index (χ1) is 7.22. The Morgan fingerprint density at radius 1 is 1.27 bits per heavy atom. The van der Waals surface area contributed by atoms with Gasteiger partial charge in [-0.2, -0.15) is 0 Å². The molecule has 1 aromatic rings. The zero-order chi connectivity index (χ0) is 11.1. The van der Waals surface area contributed by atoms with E-state index in [2.05, 4.69) is 63.0 Å². The molecule has 1 aromatic carbocycles. The van der Waals surface area contributed by atoms with Crippen LogP contribution in [0.4, 0.5) is 0 Å². The highest BCUT2D eigenvalue weighted by molar-refractivity contribution is 9.10. The lowest BCUT2D eigenvalue weighted by Gasteiger charge is -2.07. The van der Waals surface area contributed by atoms with Crippen molar-refractivity contribution in [2.75, 3.05) is 0 Å². The van der Waals surface area contributed by atoms with Crippen LogP contribution in [0.2, 0.25) is 0 Å². The van der Waals surface area contributed by atoms with Crippen molar-refractivity contribution >= 4 is 31.9 Å². The number of aryl methyl sites for hydroxylation is 1. The Balaban J connectivity index is 2.25. The lowest BCUT2D eigenvalue weighted by atomic mass is 10.1. The monoisotopic (exact) mass is 332 g/mol. The van der Waals surface area contributed by atoms with Crippen molar-refractivity contribution in [3.05, 3.63) is 34.3 Å². The predicted octanol–water partition coefficient (Wildman–Crippen LogP) is 5.34. The van der Waals surface area contributed by atoms with Crippen LogP contribution in [0, 0.1) is 0 Å². The number of rotatable bonds is 6. The number of alkyl halides is 1. The van der Waals surface area contributed by atoms with Crippen molar-refractivity contribution < 1.29 is 0 Å². The highest BCUT2D eigenvalue weighted by Crippen LogP contribution is 2.18. The maximum Gasteiger partial charge on any atom is 0.0177 e. The SMILES string of the molecule is CCCC(Br)CCCc1cccc(Br)c1. The third kappa shape index (κ3) is 5.72. The Bertz CT molecular complexity index is 284. The van der Waals surface area contributed by atoms with E-state index in [-0.39, 0.29) is 0 Å². The van der Waals surface area contributed by atoms with Crippen LogP contribution in [-0.4, -0.2) is 4.83 Å². The smallest absolute Gasteiger partial charge is 0.0177 e. The number of hydrogen-bond acceptors (Lipinski definition) is 0. The molecule has 0 heterocycles. The van der Waals surface area contributed by atoms with Crippen LogP contribution in [0.25, 0.3) is 0 Å². The fourth-order valence-corrected chi connectivity index (χ4v) is 2.91. The van der Waals surface area contributed by atoms with Crippen LogP contribution in [0.3, 0.4) is 0 Å². The summed E-state index contributed by atoms with van der Waals surface area (Å²) in [6.07, 6.45) is 6.29. The second-order valence-corrected chi connectivity index (χ2v) is 6.12. The largest absolute Gasteiger partial charge is 0.0891 e. The van der Waals surface area contributed by atoms with E-state index in [0.717, 1.165) is 0 Å². The van der Waals surface area contributed by atoms with Gasteiger partial charge in [-0.05, 0) is 43.4 Å². The molecular formula is C13H18Br2. The summed E-state index contributed by atoms with van der Waals surface area (Å²) in [6, 6.07) is 8.60. The first kappa shape index (κ1) is 13.2. The number of halogens is 2. The van der Waals surface area contributed by atoms with Gasteiger partial charge in [0.05, 0.1) is 0 Å². The summed E-state index contributed by atoms with van der Waals surface area (Å²) in [6.45, 7) is 2.24. The maximum atomic E-state index is 3.72. The molecule has 0 saturated carbocycles. The Labute approximate surface area is 110 Å². The molecule has 1 unspecified atom stereocenters. The van der Waals surface area contributed by atoms with Gasteiger partial charge >= 0.3 is 0 Å². The molecule has 0 aliphatic rings. The minimum atomic E-state index is 0.703. The molecule has 0 amide bonds. The molecule has 0 bridgehead atoms. The normalized spacial score (nSPS) is 12.7. The van der Waals surface area contributed by atoms with E-state index in [1.54, 1.807) is 0 Å². The molecule has 0 fully saturated rings. The van der Waals surface area contributed by atoms with E-state index in [4.69, 9.17) is 0 Å². The van der Waals surface area contributed by atoms with E-state index in [1.165, 1.54) is 42.1 Å². The summed E-state index contributed by atoms with van der Waals surface area (Å²) in [7, 11) is 0. The van der Waals surface area contributed by atoms with Gasteiger partial charge < -0.3 is 0 Å². The minimum absolute atomic E-state index is 0.703. The molecule has 1 atom stereocenters. The molecule has 0 aromatic heterocycles. The Kier molecular flexibility index (Phi) is 6.58. The highest BCUT2D eigenvalue weighted by Gasteiger charge is 2.02. The van der Waals surface area contributed by atoms with Crippen molar-refractivity contribution in [2.45, 2.75) is 43.9 Å². The maximum absolute atomic E-state index is 3.72. The summed E-state index contributed by atoms with van der Waals surface area (Å²) < 4.78 is 1.18. The van der Waals surface area contributed by atoms with Crippen LogP contribution in [0.15, 0.2) is 28.7 Å². The molecule has 84 valence electrons. The van der Waals surface area contributed by atoms with Crippen molar-refractivity contribution in [3.8, 4) is 0 Å². The number of benzene rings is 1. The van der Waals surface area contributed by atoms with E-state index in [0.29, 0.717) is 4.83 Å². The zero-order valence-electron chi connectivity index (χ0n) is 9.18. The Hall–Kier alpha value is 0.180. The van der Waals surface area contributed by atoms with E-state index >= 15 is 0 Å². The van der Waals surface area contributed by atoms with Crippen molar-refractivity contribution in [1.29, 1.82) is 0 Å². The second-order valence-electron chi connectivity index (χ2n) is 3.91. The second kappa shape index (κ2) is 7.45. The fraction of sp³-hybridized carbons (Fsp3) is 0.538. The van der Waals surface area contributed by atoms with Crippen molar-refractivity contribution in [3.63, 3.8) is 0 Å². The summed E-state index contributed by atoms with van der Waals surface area (Å²) in [5, 5.41) is 0. The third-order valence-corrected chi connectivity index (χ3v) is 3.88. The highest BCUT2D eigenvalue weighted by atomic mass is 79.9. The number of hydrogen-bond donors (Lipinski definition) is 0. The lowest BCUT2D eigenvalue weighted by molar-refractivity contribution is 0.655. The molecule has 15 heavy (non-hydrogen) atoms. The van der Waals surface area contributed by atoms with Gasteiger partial charge in [0.15, 0.2) is 0 Å². The van der Waals surface area contributed by atoms with Crippen LogP contribution in [-0.2, 0) is 6.42 Å². The summed E-state index contributed by atoms with van der Waals surface area (Å²) in [5.74, 6) is 0. The third-order valence-electron chi connectivity index (χ3n) is 2.47. The molecule has 0 radical (unpaired) electrons. The molecule has 0 aliphatic carbocycles. The first-order valence-electron chi connectivity index (χ1n) is 5.61. The van der Waals surface area contributed by atoms with Gasteiger partial charge in [0.25, 0.3) is 0 Å². The van der Waals surface area contributed by atoms with Crippen LogP contribution >= 0.6 is 31.9 Å². The fourth-order valence-electron chi connectivity index (χ4n) is 1.68. The molecule has 0 nitrogen and oxygen atoms in total. The molecule has 0 N–H and O–H groups in total. The van der Waals surface area contributed by atoms with Gasteiger partial charge in [-0.25, -0.2) is 0 Å². The molecule has 1 rings (SSSR count). The van der Waals surface area contributed by atoms with Crippen LogP contribution < -0.4 is 0 Å². The van der Waals surface area contributed by atoms with Crippen molar-refractivity contribution in [1.82, 2.24) is 0 Å². The van der Waals surface area contributed by atoms with Gasteiger partial charge in [-0.3, -0.25) is 0 Å². The summed E-state index contributed by atoms with van der Waals surface area (Å²) in [4.78, 5) is 0.703. The zero-order valence-corrected chi connectivity index (χ0v) is 12.4. The quantitative estimate of drug-likeness (QED) is 0.617. The van der Waals surface area contributed by atoms with Gasteiger partial charge in [-0.15, -0.1) is 0 Å². The van der Waals surface area contributed by atoms with Gasteiger partial charge in [-0.1, -0.05) is 57.3 Å². The minimum Gasteiger partial charge on any atom is -0.0891 e. The van der Waals surface area contributed by atoms with Gasteiger partial charge in [0, 0.05) is 9.30 Å². The van der Waals surface area contributed by atoms with E-state index in [9.17, 15) is 0 Å². The predicted molar refractivity (Wildman–Crippen MR) is 74.7 cm³/mol. The molecule has 2 heteroatoms. The molecule has 0 spiro atoms. The first-order valence-corrected chi connectivity index (χ1v) is 7.31. The average molecular weight is 334 g/mol. The van der Waals surface area contributed by atoms with Crippen molar-refractivity contribution in [2.24, 2.45) is 0 Å². The molecule has 0 aliphatic heterocycles. The lowest BCUT2D eigenvalue weighted by Crippen LogP contribution is -1.98. The standard InChI is InChI=1S/C13H18Br2/c1-2-5-12(14)8-3-6-11-7-4-9-13(15)10-11/h4,7,9-10,12H,2-3,5-6,8H2,1H3. The molecular weight excluding hydrogens is 316 g/mol. The summed E-state index contributed by atoms with van der Waals surface area (Å²) in [5.41, 5.74) is 1.43. The Morgan fingerprint density at radius 3 is 2.73 bits per heavy atom. The van der Waals surface area contributed by atoms with E-state index in [1.807, 2.05) is 0 Å². The van der Waals surface area contributed by atoms with Gasteiger partial charge in [0.2, 0.25) is 0 Å². The van der Waals surface area contributed by atoms with Crippen LogP contribution in [0.5, 0.6) is 0 Å². The Morgan fingerprint density at radius 2 is 2.07 bits per heavy atom. The summed E-state index contributed by atoms with van der Waals surface area (Å²) >= 11 is 7.22. The van der Waals surface area contributed by atoms with Gasteiger partial charge in [0.1, 0.15) is 0 Å².